The summed E-state index contributed by atoms with van der Waals surface area (Å²) in [4.78, 5) is 17.7. The molecule has 5 heteroatoms. The van der Waals surface area contributed by atoms with Crippen molar-refractivity contribution in [3.63, 3.8) is 0 Å². The SMILES string of the molecule is C=CCNC(=O)c1ccc2c(c1C(C)CN1CC=CC1)Nc1ccccc1S2. The van der Waals surface area contributed by atoms with Gasteiger partial charge in [-0.05, 0) is 35.7 Å². The molecule has 2 aromatic carbocycles. The normalized spacial score (nSPS) is 16.0. The van der Waals surface area contributed by atoms with Gasteiger partial charge in [-0.15, -0.1) is 6.58 Å². The fourth-order valence-electron chi connectivity index (χ4n) is 3.84. The zero-order valence-corrected chi connectivity index (χ0v) is 16.9. The summed E-state index contributed by atoms with van der Waals surface area (Å²) in [6, 6.07) is 12.3. The third-order valence-corrected chi connectivity index (χ3v) is 6.28. The van der Waals surface area contributed by atoms with Crippen LogP contribution in [0.15, 0.2) is 71.0 Å². The number of amides is 1. The van der Waals surface area contributed by atoms with Crippen LogP contribution in [0.5, 0.6) is 0 Å². The van der Waals surface area contributed by atoms with E-state index in [0.717, 1.165) is 42.1 Å². The van der Waals surface area contributed by atoms with Gasteiger partial charge in [0.05, 0.1) is 11.4 Å². The molecule has 2 heterocycles. The number of carbonyl (C=O) groups is 1. The summed E-state index contributed by atoms with van der Waals surface area (Å²) in [5, 5.41) is 6.56. The Labute approximate surface area is 170 Å². The van der Waals surface area contributed by atoms with E-state index in [9.17, 15) is 4.79 Å². The van der Waals surface area contributed by atoms with Crippen molar-refractivity contribution in [3.8, 4) is 0 Å². The molecule has 0 radical (unpaired) electrons. The molecule has 1 atom stereocenters. The highest BCUT2D eigenvalue weighted by atomic mass is 32.2. The summed E-state index contributed by atoms with van der Waals surface area (Å²) in [7, 11) is 0. The number of nitrogens with zero attached hydrogens (tertiary/aromatic N) is 1. The molecule has 2 aliphatic heterocycles. The average molecular weight is 392 g/mol. The van der Waals surface area contributed by atoms with E-state index in [0.29, 0.717) is 6.54 Å². The Morgan fingerprint density at radius 1 is 1.25 bits per heavy atom. The average Bonchev–Trinajstić information content (AvgIpc) is 3.22. The van der Waals surface area contributed by atoms with Crippen LogP contribution < -0.4 is 10.6 Å². The first-order valence-electron chi connectivity index (χ1n) is 9.64. The zero-order chi connectivity index (χ0) is 19.5. The Morgan fingerprint density at radius 3 is 2.82 bits per heavy atom. The minimum absolute atomic E-state index is 0.0465. The van der Waals surface area contributed by atoms with Gasteiger partial charge in [0.15, 0.2) is 0 Å². The van der Waals surface area contributed by atoms with Gasteiger partial charge < -0.3 is 10.6 Å². The van der Waals surface area contributed by atoms with Crippen LogP contribution in [0.4, 0.5) is 11.4 Å². The Bertz CT molecular complexity index is 929. The number of nitrogens with one attached hydrogen (secondary N) is 2. The second kappa shape index (κ2) is 8.25. The minimum Gasteiger partial charge on any atom is -0.353 e. The number of hydrogen-bond donors (Lipinski definition) is 2. The van der Waals surface area contributed by atoms with Crippen LogP contribution >= 0.6 is 11.8 Å². The molecule has 4 nitrogen and oxygen atoms in total. The standard InChI is InChI=1S/C23H25N3OS/c1-3-12-24-23(27)17-10-11-20-22(25-18-8-4-5-9-19(18)28-20)21(17)16(2)15-26-13-6-7-14-26/h3-11,16,25H,1,12-15H2,2H3,(H,24,27). The Kier molecular flexibility index (Phi) is 5.55. The van der Waals surface area contributed by atoms with Gasteiger partial charge in [-0.2, -0.15) is 0 Å². The van der Waals surface area contributed by atoms with Crippen molar-refractivity contribution in [1.29, 1.82) is 0 Å². The third kappa shape index (κ3) is 3.73. The van der Waals surface area contributed by atoms with E-state index < -0.39 is 0 Å². The van der Waals surface area contributed by atoms with Crippen LogP contribution in [0.2, 0.25) is 0 Å². The van der Waals surface area contributed by atoms with Gasteiger partial charge in [0.2, 0.25) is 0 Å². The number of carbonyl (C=O) groups excluding carboxylic acids is 1. The molecule has 144 valence electrons. The van der Waals surface area contributed by atoms with Crippen LogP contribution in [0.25, 0.3) is 0 Å². The van der Waals surface area contributed by atoms with Crippen molar-refractivity contribution in [2.45, 2.75) is 22.6 Å². The van der Waals surface area contributed by atoms with E-state index in [1.807, 2.05) is 12.1 Å². The first kappa shape index (κ1) is 18.8. The molecule has 1 unspecified atom stereocenters. The molecule has 0 fully saturated rings. The van der Waals surface area contributed by atoms with Crippen molar-refractivity contribution < 1.29 is 4.79 Å². The molecule has 4 rings (SSSR count). The van der Waals surface area contributed by atoms with Crippen LogP contribution in [0, 0.1) is 0 Å². The summed E-state index contributed by atoms with van der Waals surface area (Å²) < 4.78 is 0. The molecule has 0 spiro atoms. The van der Waals surface area contributed by atoms with Crippen LogP contribution in [-0.4, -0.2) is 37.0 Å². The summed E-state index contributed by atoms with van der Waals surface area (Å²) in [6.07, 6.45) is 6.12. The highest BCUT2D eigenvalue weighted by molar-refractivity contribution is 7.99. The first-order chi connectivity index (χ1) is 13.7. The van der Waals surface area contributed by atoms with Crippen LogP contribution in [0.3, 0.4) is 0 Å². The quantitative estimate of drug-likeness (QED) is 0.593. The summed E-state index contributed by atoms with van der Waals surface area (Å²) in [6.45, 7) is 9.25. The van der Waals surface area contributed by atoms with Gasteiger partial charge in [0.1, 0.15) is 0 Å². The van der Waals surface area contributed by atoms with E-state index in [-0.39, 0.29) is 11.8 Å². The molecular weight excluding hydrogens is 366 g/mol. The maximum atomic E-state index is 12.9. The fraction of sp³-hybridized carbons (Fsp3) is 0.261. The summed E-state index contributed by atoms with van der Waals surface area (Å²) in [5.74, 6) is 0.174. The summed E-state index contributed by atoms with van der Waals surface area (Å²) >= 11 is 1.76. The lowest BCUT2D eigenvalue weighted by Crippen LogP contribution is -2.29. The van der Waals surface area contributed by atoms with Gasteiger partial charge in [0, 0.05) is 41.5 Å². The zero-order valence-electron chi connectivity index (χ0n) is 16.1. The molecule has 2 aliphatic rings. The maximum absolute atomic E-state index is 12.9. The topological polar surface area (TPSA) is 44.4 Å². The molecule has 0 saturated carbocycles. The van der Waals surface area contributed by atoms with Crippen LogP contribution in [0.1, 0.15) is 28.8 Å². The van der Waals surface area contributed by atoms with Gasteiger partial charge >= 0.3 is 0 Å². The number of anilines is 2. The van der Waals surface area contributed by atoms with E-state index in [4.69, 9.17) is 0 Å². The number of para-hydroxylation sites is 1. The molecule has 0 saturated heterocycles. The molecular formula is C23H25N3OS. The smallest absolute Gasteiger partial charge is 0.251 e. The van der Waals surface area contributed by atoms with Gasteiger partial charge in [-0.25, -0.2) is 0 Å². The van der Waals surface area contributed by atoms with E-state index in [1.54, 1.807) is 17.8 Å². The van der Waals surface area contributed by atoms with E-state index in [2.05, 4.69) is 65.5 Å². The van der Waals surface area contributed by atoms with Crippen molar-refractivity contribution in [1.82, 2.24) is 10.2 Å². The van der Waals surface area contributed by atoms with Gasteiger partial charge in [0.25, 0.3) is 5.91 Å². The van der Waals surface area contributed by atoms with Crippen molar-refractivity contribution in [3.05, 3.63) is 72.3 Å². The molecule has 0 bridgehead atoms. The molecule has 28 heavy (non-hydrogen) atoms. The van der Waals surface area contributed by atoms with E-state index in [1.165, 1.54) is 9.79 Å². The van der Waals surface area contributed by atoms with Gasteiger partial charge in [-0.1, -0.05) is 49.0 Å². The minimum atomic E-state index is -0.0465. The lowest BCUT2D eigenvalue weighted by Gasteiger charge is -2.29. The lowest BCUT2D eigenvalue weighted by atomic mass is 9.92. The fourth-order valence-corrected chi connectivity index (χ4v) is 4.86. The second-order valence-electron chi connectivity index (χ2n) is 7.21. The molecule has 0 aliphatic carbocycles. The predicted molar refractivity (Wildman–Crippen MR) is 117 cm³/mol. The highest BCUT2D eigenvalue weighted by Crippen LogP contribution is 2.47. The number of benzene rings is 2. The Hall–Kier alpha value is -2.50. The molecule has 1 amide bonds. The summed E-state index contributed by atoms with van der Waals surface area (Å²) in [5.41, 5.74) is 4.00. The van der Waals surface area contributed by atoms with E-state index >= 15 is 0 Å². The maximum Gasteiger partial charge on any atom is 0.251 e. The van der Waals surface area contributed by atoms with Crippen LogP contribution in [-0.2, 0) is 0 Å². The predicted octanol–water partition coefficient (Wildman–Crippen LogP) is 4.79. The lowest BCUT2D eigenvalue weighted by molar-refractivity contribution is 0.0956. The second-order valence-corrected chi connectivity index (χ2v) is 8.30. The Balaban J connectivity index is 1.73. The van der Waals surface area contributed by atoms with Gasteiger partial charge in [-0.3, -0.25) is 9.69 Å². The molecule has 2 aromatic rings. The van der Waals surface area contributed by atoms with Crippen molar-refractivity contribution >= 4 is 29.0 Å². The molecule has 2 N–H and O–H groups in total. The Morgan fingerprint density at radius 2 is 2.04 bits per heavy atom. The third-order valence-electron chi connectivity index (χ3n) is 5.14. The highest BCUT2D eigenvalue weighted by Gasteiger charge is 2.27. The number of rotatable bonds is 6. The first-order valence-corrected chi connectivity index (χ1v) is 10.5. The largest absolute Gasteiger partial charge is 0.353 e. The monoisotopic (exact) mass is 391 g/mol. The number of fused-ring (bicyclic) bond motifs is 2. The number of hydrogen-bond acceptors (Lipinski definition) is 4. The molecule has 0 aromatic heterocycles. The van der Waals surface area contributed by atoms with Crippen molar-refractivity contribution in [2.75, 3.05) is 31.5 Å². The van der Waals surface area contributed by atoms with Crippen molar-refractivity contribution in [2.24, 2.45) is 0 Å².